The van der Waals surface area contributed by atoms with E-state index in [1.54, 1.807) is 7.11 Å². The number of nitrogens with one attached hydrogen (secondary N) is 1. The van der Waals surface area contributed by atoms with Gasteiger partial charge in [-0.3, -0.25) is 0 Å². The Kier molecular flexibility index (Phi) is 6.95. The molecule has 3 aromatic rings. The second kappa shape index (κ2) is 9.62. The second-order valence-corrected chi connectivity index (χ2v) is 8.17. The van der Waals surface area contributed by atoms with Crippen LogP contribution in [-0.4, -0.2) is 32.2 Å². The lowest BCUT2D eigenvalue weighted by molar-refractivity contribution is 0.374. The largest absolute Gasteiger partial charge is 0.497 e. The Morgan fingerprint density at radius 3 is 2.45 bits per heavy atom. The number of rotatable bonds is 10. The fraction of sp³-hybridized carbons (Fsp3) is 0.300. The monoisotopic (exact) mass is 419 g/mol. The van der Waals surface area contributed by atoms with Gasteiger partial charge in [-0.25, -0.2) is 17.5 Å². The summed E-state index contributed by atoms with van der Waals surface area (Å²) in [5.41, 5.74) is 0.844. The zero-order valence-corrected chi connectivity index (χ0v) is 16.8. The summed E-state index contributed by atoms with van der Waals surface area (Å²) in [4.78, 5) is 4.43. The molecule has 0 aliphatic carbocycles. The molecule has 0 unspecified atom stereocenters. The van der Waals surface area contributed by atoms with Crippen molar-refractivity contribution in [1.29, 1.82) is 0 Å². The van der Waals surface area contributed by atoms with E-state index in [2.05, 4.69) is 14.9 Å². The molecule has 0 fully saturated rings. The molecule has 3 rings (SSSR count). The first-order valence-corrected chi connectivity index (χ1v) is 10.7. The van der Waals surface area contributed by atoms with Crippen molar-refractivity contribution < 1.29 is 22.1 Å². The molecule has 0 aliphatic heterocycles. The average molecular weight is 419 g/mol. The van der Waals surface area contributed by atoms with E-state index in [1.165, 1.54) is 12.1 Å². The van der Waals surface area contributed by atoms with Crippen LogP contribution in [0.25, 0.3) is 11.4 Å². The van der Waals surface area contributed by atoms with E-state index in [-0.39, 0.29) is 4.90 Å². The summed E-state index contributed by atoms with van der Waals surface area (Å²) < 4.78 is 50.0. The molecule has 154 valence electrons. The van der Waals surface area contributed by atoms with Gasteiger partial charge in [0.2, 0.25) is 21.7 Å². The third-order valence-electron chi connectivity index (χ3n) is 4.30. The molecule has 29 heavy (non-hydrogen) atoms. The van der Waals surface area contributed by atoms with Crippen LogP contribution in [0.5, 0.6) is 5.75 Å². The van der Waals surface area contributed by atoms with Gasteiger partial charge in [0.15, 0.2) is 0 Å². The van der Waals surface area contributed by atoms with E-state index in [0.29, 0.717) is 31.1 Å². The first-order chi connectivity index (χ1) is 14.0. The molecule has 1 heterocycles. The van der Waals surface area contributed by atoms with Crippen molar-refractivity contribution in [1.82, 2.24) is 14.9 Å². The van der Waals surface area contributed by atoms with Crippen LogP contribution in [-0.2, 0) is 16.4 Å². The molecule has 9 heteroatoms. The van der Waals surface area contributed by atoms with Crippen LogP contribution in [0.4, 0.5) is 4.39 Å². The first kappa shape index (κ1) is 20.9. The third-order valence-corrected chi connectivity index (χ3v) is 5.78. The molecular weight excluding hydrogens is 397 g/mol. The standard InChI is InChI=1S/C20H22FN3O4S/c1-27-17-10-6-15(7-11-17)20-23-19(28-24-20)5-3-2-4-14-22-29(25,26)18-12-8-16(21)9-13-18/h6-13,22H,2-5,14H2,1H3. The fourth-order valence-corrected chi connectivity index (χ4v) is 3.77. The minimum atomic E-state index is -3.62. The van der Waals surface area contributed by atoms with Gasteiger partial charge >= 0.3 is 0 Å². The second-order valence-electron chi connectivity index (χ2n) is 6.40. The van der Waals surface area contributed by atoms with Gasteiger partial charge in [-0.05, 0) is 61.4 Å². The number of sulfonamides is 1. The highest BCUT2D eigenvalue weighted by molar-refractivity contribution is 7.89. The number of ether oxygens (including phenoxy) is 1. The SMILES string of the molecule is COc1ccc(-c2noc(CCCCCNS(=O)(=O)c3ccc(F)cc3)n2)cc1. The van der Waals surface area contributed by atoms with Gasteiger partial charge in [0.1, 0.15) is 11.6 Å². The van der Waals surface area contributed by atoms with Crippen molar-refractivity contribution in [3.63, 3.8) is 0 Å². The smallest absolute Gasteiger partial charge is 0.240 e. The molecular formula is C20H22FN3O4S. The van der Waals surface area contributed by atoms with Gasteiger partial charge in [-0.2, -0.15) is 4.98 Å². The van der Waals surface area contributed by atoms with Crippen LogP contribution < -0.4 is 9.46 Å². The van der Waals surface area contributed by atoms with Gasteiger partial charge in [-0.1, -0.05) is 11.6 Å². The van der Waals surface area contributed by atoms with Crippen LogP contribution in [0.1, 0.15) is 25.2 Å². The molecule has 0 radical (unpaired) electrons. The molecule has 0 spiro atoms. The number of hydrogen-bond donors (Lipinski definition) is 1. The zero-order valence-electron chi connectivity index (χ0n) is 16.0. The lowest BCUT2D eigenvalue weighted by Crippen LogP contribution is -2.24. The number of unbranched alkanes of at least 4 members (excludes halogenated alkanes) is 2. The fourth-order valence-electron chi connectivity index (χ4n) is 2.70. The van der Waals surface area contributed by atoms with E-state index in [0.717, 1.165) is 36.3 Å². The molecule has 7 nitrogen and oxygen atoms in total. The lowest BCUT2D eigenvalue weighted by Gasteiger charge is -2.06. The summed E-state index contributed by atoms with van der Waals surface area (Å²) in [5, 5.41) is 3.98. The molecule has 0 atom stereocenters. The highest BCUT2D eigenvalue weighted by Crippen LogP contribution is 2.20. The maximum absolute atomic E-state index is 12.9. The number of aromatic nitrogens is 2. The van der Waals surface area contributed by atoms with Gasteiger partial charge < -0.3 is 9.26 Å². The first-order valence-electron chi connectivity index (χ1n) is 9.20. The Labute approximate surface area is 169 Å². The number of methoxy groups -OCH3 is 1. The van der Waals surface area contributed by atoms with Gasteiger partial charge in [-0.15, -0.1) is 0 Å². The van der Waals surface area contributed by atoms with Crippen molar-refractivity contribution in [3.8, 4) is 17.1 Å². The summed E-state index contributed by atoms with van der Waals surface area (Å²) in [6.07, 6.45) is 2.88. The quantitative estimate of drug-likeness (QED) is 0.505. The van der Waals surface area contributed by atoms with Crippen LogP contribution in [0, 0.1) is 5.82 Å². The van der Waals surface area contributed by atoms with Crippen LogP contribution in [0.2, 0.25) is 0 Å². The molecule has 0 amide bonds. The maximum atomic E-state index is 12.9. The zero-order chi connectivity index (χ0) is 20.7. The van der Waals surface area contributed by atoms with Crippen molar-refractivity contribution in [2.45, 2.75) is 30.6 Å². The molecule has 1 N–H and O–H groups in total. The van der Waals surface area contributed by atoms with Crippen molar-refractivity contribution in [2.75, 3.05) is 13.7 Å². The predicted molar refractivity (Wildman–Crippen MR) is 105 cm³/mol. The molecule has 0 saturated heterocycles. The highest BCUT2D eigenvalue weighted by atomic mass is 32.2. The maximum Gasteiger partial charge on any atom is 0.240 e. The van der Waals surface area contributed by atoms with Gasteiger partial charge in [0.25, 0.3) is 0 Å². The normalized spacial score (nSPS) is 11.5. The number of aryl methyl sites for hydroxylation is 1. The summed E-state index contributed by atoms with van der Waals surface area (Å²) in [7, 11) is -2.01. The van der Waals surface area contributed by atoms with Crippen molar-refractivity contribution in [2.24, 2.45) is 0 Å². The summed E-state index contributed by atoms with van der Waals surface area (Å²) in [6, 6.07) is 12.1. The van der Waals surface area contributed by atoms with E-state index in [1.807, 2.05) is 24.3 Å². The van der Waals surface area contributed by atoms with Gasteiger partial charge in [0, 0.05) is 18.5 Å². The molecule has 1 aromatic heterocycles. The molecule has 2 aromatic carbocycles. The summed E-state index contributed by atoms with van der Waals surface area (Å²) in [5.74, 6) is 1.35. The molecule has 0 saturated carbocycles. The number of halogens is 1. The van der Waals surface area contributed by atoms with E-state index in [9.17, 15) is 12.8 Å². The Bertz CT molecular complexity index is 1020. The summed E-state index contributed by atoms with van der Waals surface area (Å²) in [6.45, 7) is 0.306. The molecule has 0 aliphatic rings. The molecule has 0 bridgehead atoms. The Hall–Kier alpha value is -2.78. The van der Waals surface area contributed by atoms with Gasteiger partial charge in [0.05, 0.1) is 12.0 Å². The minimum absolute atomic E-state index is 0.0517. The van der Waals surface area contributed by atoms with Crippen LogP contribution in [0.3, 0.4) is 0 Å². The van der Waals surface area contributed by atoms with Crippen LogP contribution in [0.15, 0.2) is 57.9 Å². The van der Waals surface area contributed by atoms with E-state index in [4.69, 9.17) is 9.26 Å². The predicted octanol–water partition coefficient (Wildman–Crippen LogP) is 3.58. The van der Waals surface area contributed by atoms with E-state index >= 15 is 0 Å². The summed E-state index contributed by atoms with van der Waals surface area (Å²) >= 11 is 0. The van der Waals surface area contributed by atoms with Crippen molar-refractivity contribution in [3.05, 3.63) is 60.2 Å². The third kappa shape index (κ3) is 5.85. The Balaban J connectivity index is 1.39. The Morgan fingerprint density at radius 1 is 1.03 bits per heavy atom. The van der Waals surface area contributed by atoms with Crippen molar-refractivity contribution >= 4 is 10.0 Å². The number of nitrogens with zero attached hydrogens (tertiary/aromatic N) is 2. The minimum Gasteiger partial charge on any atom is -0.497 e. The lowest BCUT2D eigenvalue weighted by atomic mass is 10.2. The van der Waals surface area contributed by atoms with E-state index < -0.39 is 15.8 Å². The average Bonchev–Trinajstić information content (AvgIpc) is 3.20. The topological polar surface area (TPSA) is 94.3 Å². The number of benzene rings is 2. The van der Waals surface area contributed by atoms with Crippen LogP contribution >= 0.6 is 0 Å². The highest BCUT2D eigenvalue weighted by Gasteiger charge is 2.13. The Morgan fingerprint density at radius 2 is 1.76 bits per heavy atom. The number of hydrogen-bond acceptors (Lipinski definition) is 6.